The number of nitrogens with two attached hydrogens (primary N) is 2. The van der Waals surface area contributed by atoms with E-state index in [9.17, 15) is 0 Å². The molecule has 0 spiro atoms. The number of rotatable bonds is 3. The van der Waals surface area contributed by atoms with E-state index >= 15 is 0 Å². The van der Waals surface area contributed by atoms with Crippen LogP contribution < -0.4 is 11.5 Å². The van der Waals surface area contributed by atoms with Crippen LogP contribution in [0.4, 0.5) is 11.8 Å². The fourth-order valence-electron chi connectivity index (χ4n) is 2.53. The fraction of sp³-hybridized carbons (Fsp3) is 0.0625. The van der Waals surface area contributed by atoms with Crippen LogP contribution in [0.25, 0.3) is 22.3 Å². The van der Waals surface area contributed by atoms with Crippen LogP contribution in [0.2, 0.25) is 0 Å². The van der Waals surface area contributed by atoms with Gasteiger partial charge in [-0.1, -0.05) is 24.3 Å². The minimum atomic E-state index is 0.157. The van der Waals surface area contributed by atoms with E-state index in [0.29, 0.717) is 23.5 Å². The quantitative estimate of drug-likeness (QED) is 0.604. The summed E-state index contributed by atoms with van der Waals surface area (Å²) in [5, 5.41) is 4.22. The molecule has 0 saturated carbocycles. The molecule has 0 atom stereocenters. The zero-order chi connectivity index (χ0) is 15.8. The Morgan fingerprint density at radius 2 is 1.83 bits per heavy atom. The summed E-state index contributed by atoms with van der Waals surface area (Å²) in [7, 11) is 0. The van der Waals surface area contributed by atoms with Crippen molar-refractivity contribution in [2.75, 3.05) is 11.5 Å². The number of benzene rings is 1. The minimum Gasteiger partial charge on any atom is -0.382 e. The molecule has 0 bridgehead atoms. The number of imidazole rings is 1. The van der Waals surface area contributed by atoms with Crippen molar-refractivity contribution in [1.29, 1.82) is 0 Å². The van der Waals surface area contributed by atoms with Crippen LogP contribution in [0.1, 0.15) is 5.56 Å². The maximum absolute atomic E-state index is 5.83. The van der Waals surface area contributed by atoms with Crippen LogP contribution in [0, 0.1) is 0 Å². The van der Waals surface area contributed by atoms with Gasteiger partial charge in [-0.15, -0.1) is 0 Å². The van der Waals surface area contributed by atoms with Crippen molar-refractivity contribution in [1.82, 2.24) is 19.5 Å². The molecule has 7 heteroatoms. The first-order valence-corrected chi connectivity index (χ1v) is 8.00. The van der Waals surface area contributed by atoms with Gasteiger partial charge in [0.1, 0.15) is 5.52 Å². The Morgan fingerprint density at radius 3 is 2.57 bits per heavy atom. The summed E-state index contributed by atoms with van der Waals surface area (Å²) in [5.41, 5.74) is 16.3. The van der Waals surface area contributed by atoms with Gasteiger partial charge >= 0.3 is 0 Å². The second-order valence-corrected chi connectivity index (χ2v) is 6.00. The highest BCUT2D eigenvalue weighted by atomic mass is 32.1. The third kappa shape index (κ3) is 2.51. The predicted molar refractivity (Wildman–Crippen MR) is 93.0 cm³/mol. The van der Waals surface area contributed by atoms with Crippen molar-refractivity contribution >= 4 is 34.3 Å². The van der Waals surface area contributed by atoms with Gasteiger partial charge < -0.3 is 16.0 Å². The van der Waals surface area contributed by atoms with Crippen molar-refractivity contribution < 1.29 is 0 Å². The molecule has 3 heterocycles. The molecule has 0 unspecified atom stereocenters. The van der Waals surface area contributed by atoms with E-state index in [4.69, 9.17) is 11.5 Å². The first kappa shape index (κ1) is 13.7. The monoisotopic (exact) mass is 322 g/mol. The molecule has 4 N–H and O–H groups in total. The molecule has 0 fully saturated rings. The summed E-state index contributed by atoms with van der Waals surface area (Å²) in [6, 6.07) is 10.6. The molecule has 0 aliphatic carbocycles. The molecule has 0 saturated heterocycles. The number of fused-ring (bicyclic) bond motifs is 1. The second kappa shape index (κ2) is 5.36. The Morgan fingerprint density at radius 1 is 1.00 bits per heavy atom. The third-order valence-corrected chi connectivity index (χ3v) is 4.35. The van der Waals surface area contributed by atoms with Crippen molar-refractivity contribution in [3.63, 3.8) is 0 Å². The highest BCUT2D eigenvalue weighted by molar-refractivity contribution is 7.08. The molecule has 3 aromatic heterocycles. The lowest BCUT2D eigenvalue weighted by Crippen LogP contribution is -2.04. The SMILES string of the molecule is Nc1nc(N)c2ncn(Cc3ccc(-c4ccsc4)cc3)c2n1. The summed E-state index contributed by atoms with van der Waals surface area (Å²) in [4.78, 5) is 12.4. The Labute approximate surface area is 136 Å². The van der Waals surface area contributed by atoms with Gasteiger partial charge in [-0.2, -0.15) is 21.3 Å². The zero-order valence-electron chi connectivity index (χ0n) is 12.2. The number of hydrogen-bond acceptors (Lipinski definition) is 6. The topological polar surface area (TPSA) is 95.6 Å². The Bertz CT molecular complexity index is 956. The molecule has 4 aromatic rings. The highest BCUT2D eigenvalue weighted by Gasteiger charge is 2.10. The molecule has 1 aromatic carbocycles. The lowest BCUT2D eigenvalue weighted by molar-refractivity contribution is 0.814. The smallest absolute Gasteiger partial charge is 0.224 e. The summed E-state index contributed by atoms with van der Waals surface area (Å²) in [6.45, 7) is 0.649. The average molecular weight is 322 g/mol. The summed E-state index contributed by atoms with van der Waals surface area (Å²) < 4.78 is 1.92. The van der Waals surface area contributed by atoms with E-state index in [0.717, 1.165) is 5.56 Å². The summed E-state index contributed by atoms with van der Waals surface area (Å²) in [5.74, 6) is 0.462. The standard InChI is InChI=1S/C16H14N6S/c17-14-13-15(21-16(18)20-14)22(9-19-13)7-10-1-3-11(4-2-10)12-5-6-23-8-12/h1-6,8-9H,7H2,(H4,17,18,20,21). The van der Waals surface area contributed by atoms with Crippen molar-refractivity contribution in [3.05, 3.63) is 53.0 Å². The first-order valence-electron chi connectivity index (χ1n) is 7.06. The van der Waals surface area contributed by atoms with E-state index in [-0.39, 0.29) is 5.95 Å². The van der Waals surface area contributed by atoms with Gasteiger partial charge in [-0.3, -0.25) is 0 Å². The van der Waals surface area contributed by atoms with E-state index < -0.39 is 0 Å². The number of hydrogen-bond donors (Lipinski definition) is 2. The van der Waals surface area contributed by atoms with Crippen LogP contribution in [0.3, 0.4) is 0 Å². The fourth-order valence-corrected chi connectivity index (χ4v) is 3.19. The molecular formula is C16H14N6S. The molecule has 0 aliphatic heterocycles. The number of aromatic nitrogens is 4. The van der Waals surface area contributed by atoms with E-state index in [1.165, 1.54) is 11.1 Å². The molecule has 23 heavy (non-hydrogen) atoms. The zero-order valence-corrected chi connectivity index (χ0v) is 13.0. The van der Waals surface area contributed by atoms with Crippen molar-refractivity contribution in [2.24, 2.45) is 0 Å². The minimum absolute atomic E-state index is 0.157. The number of nitrogen functional groups attached to an aromatic ring is 2. The molecule has 0 radical (unpaired) electrons. The predicted octanol–water partition coefficient (Wildman–Crippen LogP) is 2.77. The highest BCUT2D eigenvalue weighted by Crippen LogP contribution is 2.23. The molecule has 0 amide bonds. The Hall–Kier alpha value is -2.93. The summed E-state index contributed by atoms with van der Waals surface area (Å²) >= 11 is 1.70. The lowest BCUT2D eigenvalue weighted by Gasteiger charge is -2.06. The lowest BCUT2D eigenvalue weighted by atomic mass is 10.1. The Balaban J connectivity index is 1.66. The molecule has 114 valence electrons. The first-order chi connectivity index (χ1) is 11.2. The van der Waals surface area contributed by atoms with Crippen molar-refractivity contribution in [2.45, 2.75) is 6.54 Å². The number of thiophene rings is 1. The van der Waals surface area contributed by atoms with Gasteiger partial charge in [0.15, 0.2) is 11.5 Å². The van der Waals surface area contributed by atoms with Gasteiger partial charge in [0.25, 0.3) is 0 Å². The maximum atomic E-state index is 5.83. The van der Waals surface area contributed by atoms with Crippen LogP contribution >= 0.6 is 11.3 Å². The van der Waals surface area contributed by atoms with E-state index in [1.807, 2.05) is 4.57 Å². The van der Waals surface area contributed by atoms with E-state index in [2.05, 4.69) is 56.0 Å². The molecule has 6 nitrogen and oxygen atoms in total. The maximum Gasteiger partial charge on any atom is 0.224 e. The largest absolute Gasteiger partial charge is 0.382 e. The van der Waals surface area contributed by atoms with Gasteiger partial charge in [0.2, 0.25) is 5.95 Å². The number of nitrogens with zero attached hydrogens (tertiary/aromatic N) is 4. The molecule has 0 aliphatic rings. The van der Waals surface area contributed by atoms with Crippen LogP contribution in [0.15, 0.2) is 47.4 Å². The second-order valence-electron chi connectivity index (χ2n) is 5.22. The molecular weight excluding hydrogens is 308 g/mol. The van der Waals surface area contributed by atoms with Gasteiger partial charge in [0.05, 0.1) is 12.9 Å². The normalized spacial score (nSPS) is 11.1. The van der Waals surface area contributed by atoms with Crippen LogP contribution in [0.5, 0.6) is 0 Å². The molecule has 4 rings (SSSR count). The van der Waals surface area contributed by atoms with Gasteiger partial charge in [-0.05, 0) is 33.5 Å². The van der Waals surface area contributed by atoms with Crippen LogP contribution in [-0.2, 0) is 6.54 Å². The summed E-state index contributed by atoms with van der Waals surface area (Å²) in [6.07, 6.45) is 1.71. The average Bonchev–Trinajstić information content (AvgIpc) is 3.19. The van der Waals surface area contributed by atoms with Crippen molar-refractivity contribution in [3.8, 4) is 11.1 Å². The Kier molecular flexibility index (Phi) is 3.20. The van der Waals surface area contributed by atoms with Crippen LogP contribution in [-0.4, -0.2) is 19.5 Å². The van der Waals surface area contributed by atoms with Gasteiger partial charge in [0, 0.05) is 0 Å². The van der Waals surface area contributed by atoms with Gasteiger partial charge in [-0.25, -0.2) is 4.98 Å². The number of anilines is 2. The van der Waals surface area contributed by atoms with E-state index in [1.54, 1.807) is 17.7 Å². The third-order valence-electron chi connectivity index (χ3n) is 3.67.